The zero-order chi connectivity index (χ0) is 32.1. The van der Waals surface area contributed by atoms with Crippen molar-refractivity contribution in [3.63, 3.8) is 0 Å². The Morgan fingerprint density at radius 2 is 1.93 bits per heavy atom. The molecule has 1 saturated carbocycles. The molecule has 11 nitrogen and oxygen atoms in total. The van der Waals surface area contributed by atoms with Crippen LogP contribution < -0.4 is 15.8 Å². The summed E-state index contributed by atoms with van der Waals surface area (Å²) >= 11 is 0. The van der Waals surface area contributed by atoms with E-state index in [4.69, 9.17) is 20.4 Å². The van der Waals surface area contributed by atoms with Gasteiger partial charge in [0.1, 0.15) is 23.1 Å². The van der Waals surface area contributed by atoms with Crippen molar-refractivity contribution in [1.82, 2.24) is 34.3 Å². The van der Waals surface area contributed by atoms with Gasteiger partial charge >= 0.3 is 0 Å². The summed E-state index contributed by atoms with van der Waals surface area (Å²) in [6, 6.07) is 13.0. The number of methoxy groups -OCH3 is 1. The zero-order valence-corrected chi connectivity index (χ0v) is 26.2. The largest absolute Gasteiger partial charge is 0.494 e. The van der Waals surface area contributed by atoms with E-state index in [0.717, 1.165) is 58.7 Å². The highest BCUT2D eigenvalue weighted by atomic mass is 19.1. The van der Waals surface area contributed by atoms with Crippen molar-refractivity contribution in [2.24, 2.45) is 18.7 Å². The second-order valence-electron chi connectivity index (χ2n) is 12.4. The van der Waals surface area contributed by atoms with E-state index in [2.05, 4.69) is 27.0 Å². The fraction of sp³-hybridized carbons (Fsp3) is 0.382. The van der Waals surface area contributed by atoms with Crippen LogP contribution >= 0.6 is 0 Å². The van der Waals surface area contributed by atoms with Gasteiger partial charge in [0.15, 0.2) is 5.82 Å². The smallest absolute Gasteiger partial charge is 0.254 e. The highest BCUT2D eigenvalue weighted by Crippen LogP contribution is 2.38. The van der Waals surface area contributed by atoms with E-state index in [1.165, 1.54) is 4.90 Å². The number of carbonyl (C=O) groups is 2. The fourth-order valence-corrected chi connectivity index (χ4v) is 6.39. The minimum absolute atomic E-state index is 0.0207. The number of nitrogens with two attached hydrogens (primary N) is 1. The van der Waals surface area contributed by atoms with E-state index in [9.17, 15) is 14.0 Å². The van der Waals surface area contributed by atoms with Crippen LogP contribution in [0.3, 0.4) is 0 Å². The monoisotopic (exact) mass is 624 g/mol. The number of hydrogen-bond donors (Lipinski definition) is 2. The van der Waals surface area contributed by atoms with Crippen LogP contribution in [0.5, 0.6) is 5.75 Å². The third kappa shape index (κ3) is 5.57. The van der Waals surface area contributed by atoms with Gasteiger partial charge in [0.2, 0.25) is 5.91 Å². The van der Waals surface area contributed by atoms with Gasteiger partial charge < -0.3 is 29.8 Å². The van der Waals surface area contributed by atoms with E-state index in [1.54, 1.807) is 32.5 Å². The number of amides is 2. The molecule has 46 heavy (non-hydrogen) atoms. The standard InChI is InChI=1S/C34H37FN8O3/c1-37-30(44)14-25-8-6-21(15-38-25)26-9-7-20-11-28(43(32(20)39-26)16-19-4-5-19)33-40-27-10-22(12-29(46-3)31(27)41(33)2)34(45)42-17-23(35)13-24(36)18-42/h6-12,15,19,23-24H,4-5,13-14,16-18,36H2,1-3H3,(H,37,44)/t23-,24-/m1/s1. The lowest BCUT2D eigenvalue weighted by Crippen LogP contribution is -2.50. The van der Waals surface area contributed by atoms with Gasteiger partial charge in [-0.1, -0.05) is 0 Å². The second kappa shape index (κ2) is 11.8. The number of rotatable bonds is 8. The van der Waals surface area contributed by atoms with E-state index in [-0.39, 0.29) is 31.2 Å². The Labute approximate surface area is 265 Å². The molecule has 5 aromatic rings. The van der Waals surface area contributed by atoms with Crippen LogP contribution in [0.15, 0.2) is 48.7 Å². The second-order valence-corrected chi connectivity index (χ2v) is 12.4. The number of aryl methyl sites for hydroxylation is 1. The number of nitrogens with one attached hydrogen (secondary N) is 1. The van der Waals surface area contributed by atoms with Crippen LogP contribution in [0.1, 0.15) is 35.3 Å². The molecule has 1 aliphatic carbocycles. The predicted octanol–water partition coefficient (Wildman–Crippen LogP) is 3.87. The number of carbonyl (C=O) groups excluding carboxylic acids is 2. The first kappa shape index (κ1) is 29.8. The number of nitrogens with zero attached hydrogens (tertiary/aromatic N) is 6. The summed E-state index contributed by atoms with van der Waals surface area (Å²) in [5.74, 6) is 1.42. The lowest BCUT2D eigenvalue weighted by atomic mass is 10.0. The molecule has 2 atom stereocenters. The number of alkyl halides is 1. The third-order valence-electron chi connectivity index (χ3n) is 8.97. The number of imidazole rings is 1. The maximum absolute atomic E-state index is 14.3. The van der Waals surface area contributed by atoms with Gasteiger partial charge in [-0.05, 0) is 67.6 Å². The molecule has 5 heterocycles. The quantitative estimate of drug-likeness (QED) is 0.268. The molecule has 1 aromatic carbocycles. The third-order valence-corrected chi connectivity index (χ3v) is 8.97. The molecular weight excluding hydrogens is 587 g/mol. The van der Waals surface area contributed by atoms with Crippen LogP contribution in [0.2, 0.25) is 0 Å². The van der Waals surface area contributed by atoms with Crippen LogP contribution in [-0.4, -0.2) is 80.3 Å². The first-order valence-electron chi connectivity index (χ1n) is 15.6. The molecule has 2 aliphatic rings. The van der Waals surface area contributed by atoms with Crippen LogP contribution in [0.25, 0.3) is 44.8 Å². The Kier molecular flexibility index (Phi) is 7.67. The molecule has 238 valence electrons. The minimum atomic E-state index is -1.15. The molecule has 2 fully saturated rings. The molecule has 2 amide bonds. The lowest BCUT2D eigenvalue weighted by Gasteiger charge is -2.33. The topological polar surface area (TPSA) is 133 Å². The van der Waals surface area contributed by atoms with Crippen molar-refractivity contribution in [3.05, 3.63) is 59.9 Å². The van der Waals surface area contributed by atoms with Crippen molar-refractivity contribution in [3.8, 4) is 28.5 Å². The van der Waals surface area contributed by atoms with Gasteiger partial charge in [0.05, 0.1) is 37.0 Å². The number of ether oxygens (including phenoxy) is 1. The van der Waals surface area contributed by atoms with E-state index >= 15 is 0 Å². The van der Waals surface area contributed by atoms with E-state index in [0.29, 0.717) is 35.0 Å². The zero-order valence-electron chi connectivity index (χ0n) is 26.2. The lowest BCUT2D eigenvalue weighted by molar-refractivity contribution is -0.120. The Hall–Kier alpha value is -4.84. The molecule has 1 saturated heterocycles. The summed E-state index contributed by atoms with van der Waals surface area (Å²) in [6.45, 7) is 1.13. The highest BCUT2D eigenvalue weighted by molar-refractivity contribution is 6.00. The molecule has 0 radical (unpaired) electrons. The molecular formula is C34H37FN8O3. The van der Waals surface area contributed by atoms with Crippen molar-refractivity contribution in [2.75, 3.05) is 27.2 Å². The number of aromatic nitrogens is 5. The van der Waals surface area contributed by atoms with Crippen molar-refractivity contribution in [2.45, 2.75) is 44.4 Å². The van der Waals surface area contributed by atoms with Crippen LogP contribution in [-0.2, 0) is 24.8 Å². The first-order valence-corrected chi connectivity index (χ1v) is 15.6. The first-order chi connectivity index (χ1) is 22.2. The van der Waals surface area contributed by atoms with Crippen LogP contribution in [0.4, 0.5) is 4.39 Å². The molecule has 3 N–H and O–H groups in total. The molecule has 1 aliphatic heterocycles. The minimum Gasteiger partial charge on any atom is -0.494 e. The Morgan fingerprint density at radius 1 is 1.11 bits per heavy atom. The summed E-state index contributed by atoms with van der Waals surface area (Å²) in [5, 5.41) is 3.61. The molecule has 0 unspecified atom stereocenters. The van der Waals surface area contributed by atoms with Crippen molar-refractivity contribution >= 4 is 33.9 Å². The van der Waals surface area contributed by atoms with Crippen molar-refractivity contribution in [1.29, 1.82) is 0 Å². The molecule has 0 spiro atoms. The Bertz CT molecular complexity index is 1950. The summed E-state index contributed by atoms with van der Waals surface area (Å²) in [5.41, 5.74) is 11.9. The SMILES string of the molecule is CNC(=O)Cc1ccc(-c2ccc3cc(-c4nc5cc(C(=O)N6C[C@H](N)C[C@@H](F)C6)cc(OC)c5n4C)n(CC4CC4)c3n2)cn1. The number of piperidine rings is 1. The van der Waals surface area contributed by atoms with Gasteiger partial charge in [-0.3, -0.25) is 14.6 Å². The predicted molar refractivity (Wildman–Crippen MR) is 173 cm³/mol. The van der Waals surface area contributed by atoms with Gasteiger partial charge in [0.25, 0.3) is 5.91 Å². The normalized spacial score (nSPS) is 18.3. The van der Waals surface area contributed by atoms with E-state index in [1.807, 2.05) is 29.8 Å². The number of likely N-dealkylation sites (tertiary alicyclic amines) is 1. The van der Waals surface area contributed by atoms with Gasteiger partial charge in [0, 0.05) is 61.6 Å². The van der Waals surface area contributed by atoms with Gasteiger partial charge in [-0.2, -0.15) is 0 Å². The van der Waals surface area contributed by atoms with Gasteiger partial charge in [-0.15, -0.1) is 0 Å². The summed E-state index contributed by atoms with van der Waals surface area (Å²) in [6.07, 6.45) is 3.41. The average Bonchev–Trinajstić information content (AvgIpc) is 3.72. The van der Waals surface area contributed by atoms with Crippen molar-refractivity contribution < 1.29 is 18.7 Å². The Morgan fingerprint density at radius 3 is 2.63 bits per heavy atom. The number of likely N-dealkylation sites (N-methyl/N-ethyl adjacent to an activating group) is 1. The van der Waals surface area contributed by atoms with Crippen LogP contribution in [0, 0.1) is 5.92 Å². The number of pyridine rings is 2. The number of halogens is 1. The molecule has 12 heteroatoms. The summed E-state index contributed by atoms with van der Waals surface area (Å²) in [7, 11) is 5.12. The average molecular weight is 625 g/mol. The maximum atomic E-state index is 14.3. The number of benzene rings is 1. The highest BCUT2D eigenvalue weighted by Gasteiger charge is 2.30. The fourth-order valence-electron chi connectivity index (χ4n) is 6.39. The maximum Gasteiger partial charge on any atom is 0.254 e. The number of hydrogen-bond acceptors (Lipinski definition) is 7. The number of fused-ring (bicyclic) bond motifs is 2. The molecule has 4 aromatic heterocycles. The van der Waals surface area contributed by atoms with E-state index < -0.39 is 12.2 Å². The summed E-state index contributed by atoms with van der Waals surface area (Å²) in [4.78, 5) is 41.3. The van der Waals surface area contributed by atoms with Gasteiger partial charge in [-0.25, -0.2) is 14.4 Å². The Balaban J connectivity index is 1.29. The molecule has 0 bridgehead atoms. The molecule has 7 rings (SSSR count). The summed E-state index contributed by atoms with van der Waals surface area (Å²) < 4.78 is 24.3.